The van der Waals surface area contributed by atoms with Crippen molar-refractivity contribution in [3.8, 4) is 0 Å². The van der Waals surface area contributed by atoms with Gasteiger partial charge in [0.1, 0.15) is 5.82 Å². The fourth-order valence-electron chi connectivity index (χ4n) is 1.99. The molecule has 1 aliphatic heterocycles. The lowest BCUT2D eigenvalue weighted by Gasteiger charge is -2.17. The van der Waals surface area contributed by atoms with E-state index in [1.54, 1.807) is 17.6 Å². The van der Waals surface area contributed by atoms with Gasteiger partial charge in [-0.3, -0.25) is 9.36 Å². The minimum Gasteiger partial charge on any atom is -0.384 e. The van der Waals surface area contributed by atoms with E-state index in [9.17, 15) is 4.79 Å². The second kappa shape index (κ2) is 4.09. The molecule has 0 amide bonds. The zero-order chi connectivity index (χ0) is 11.7. The van der Waals surface area contributed by atoms with Crippen molar-refractivity contribution < 1.29 is 4.74 Å². The van der Waals surface area contributed by atoms with E-state index in [4.69, 9.17) is 15.9 Å². The number of anilines is 1. The van der Waals surface area contributed by atoms with Gasteiger partial charge in [0.2, 0.25) is 0 Å². The van der Waals surface area contributed by atoms with Crippen LogP contribution in [-0.2, 0) is 4.74 Å². The minimum absolute atomic E-state index is 0.00630. The summed E-state index contributed by atoms with van der Waals surface area (Å²) in [5.74, 6) is 0.371. The number of rotatable bonds is 2. The first-order chi connectivity index (χ1) is 7.61. The van der Waals surface area contributed by atoms with Crippen LogP contribution in [0.25, 0.3) is 0 Å². The van der Waals surface area contributed by atoms with Crippen LogP contribution in [-0.4, -0.2) is 23.5 Å². The Balaban J connectivity index is 2.54. The third-order valence-electron chi connectivity index (χ3n) is 2.84. The summed E-state index contributed by atoms with van der Waals surface area (Å²) >= 11 is 0. The first-order valence-corrected chi connectivity index (χ1v) is 5.25. The minimum atomic E-state index is -0.127. The van der Waals surface area contributed by atoms with Gasteiger partial charge in [-0.1, -0.05) is 0 Å². The highest BCUT2D eigenvalue weighted by Crippen LogP contribution is 2.21. The van der Waals surface area contributed by atoms with Gasteiger partial charge < -0.3 is 15.9 Å². The number of nitrogens with two attached hydrogens (primary N) is 1. The fraction of sp³-hybridized carbons (Fsp3) is 0.455. The molecular weight excluding hydrogens is 206 g/mol. The summed E-state index contributed by atoms with van der Waals surface area (Å²) < 4.78 is 6.79. The van der Waals surface area contributed by atoms with E-state index < -0.39 is 0 Å². The van der Waals surface area contributed by atoms with Gasteiger partial charge in [-0.2, -0.15) is 0 Å². The summed E-state index contributed by atoms with van der Waals surface area (Å²) in [5.41, 5.74) is 6.79. The lowest BCUT2D eigenvalue weighted by molar-refractivity contribution is 0.186. The fourth-order valence-corrected chi connectivity index (χ4v) is 1.99. The summed E-state index contributed by atoms with van der Waals surface area (Å²) in [6.45, 7) is 2.83. The molecule has 1 fully saturated rings. The van der Waals surface area contributed by atoms with Gasteiger partial charge >= 0.3 is 0 Å². The van der Waals surface area contributed by atoms with E-state index in [0.717, 1.165) is 6.42 Å². The van der Waals surface area contributed by atoms with Crippen molar-refractivity contribution in [2.75, 3.05) is 18.9 Å². The Morgan fingerprint density at radius 1 is 1.62 bits per heavy atom. The summed E-state index contributed by atoms with van der Waals surface area (Å²) in [6, 6.07) is 3.07. The molecule has 0 aliphatic carbocycles. The molecular formula is C11H15N3O2. The number of hydrogen-bond acceptors (Lipinski definition) is 4. The maximum atomic E-state index is 11.8. The summed E-state index contributed by atoms with van der Waals surface area (Å²) in [6.07, 6.45) is 0.796. The normalized spacial score (nSPS) is 19.9. The molecule has 2 rings (SSSR count). The third kappa shape index (κ3) is 1.74. The van der Waals surface area contributed by atoms with E-state index in [1.165, 1.54) is 6.07 Å². The number of pyridine rings is 1. The van der Waals surface area contributed by atoms with Crippen LogP contribution >= 0.6 is 0 Å². The standard InChI is InChI=1S/C11H15N3O2/c1-7(12)9-2-3-10(15)14(11(9)13)8-4-5-16-6-8/h2-3,8,12H,4-6,13H2,1H3. The molecule has 0 spiro atoms. The SMILES string of the molecule is CC(=N)c1ccc(=O)n(C2CCOC2)c1N. The number of ether oxygens (including phenoxy) is 1. The summed E-state index contributed by atoms with van der Waals surface area (Å²) in [4.78, 5) is 11.8. The molecule has 86 valence electrons. The molecule has 1 aliphatic rings. The zero-order valence-electron chi connectivity index (χ0n) is 9.19. The molecule has 16 heavy (non-hydrogen) atoms. The number of aromatic nitrogens is 1. The van der Waals surface area contributed by atoms with E-state index in [2.05, 4.69) is 0 Å². The van der Waals surface area contributed by atoms with Crippen molar-refractivity contribution in [1.82, 2.24) is 4.57 Å². The zero-order valence-corrected chi connectivity index (χ0v) is 9.19. The average Bonchev–Trinajstić information content (AvgIpc) is 2.70. The van der Waals surface area contributed by atoms with Crippen molar-refractivity contribution in [1.29, 1.82) is 5.41 Å². The maximum Gasteiger partial charge on any atom is 0.252 e. The Labute approximate surface area is 93.3 Å². The molecule has 1 atom stereocenters. The predicted octanol–water partition coefficient (Wildman–Crippen LogP) is 0.780. The number of hydrogen-bond donors (Lipinski definition) is 2. The van der Waals surface area contributed by atoms with Gasteiger partial charge in [0, 0.05) is 23.9 Å². The number of nitrogens with one attached hydrogen (secondary N) is 1. The Kier molecular flexibility index (Phi) is 2.78. The molecule has 0 aromatic carbocycles. The quantitative estimate of drug-likeness (QED) is 0.724. The van der Waals surface area contributed by atoms with Crippen molar-refractivity contribution in [3.05, 3.63) is 28.0 Å². The van der Waals surface area contributed by atoms with Crippen LogP contribution in [0.5, 0.6) is 0 Å². The highest BCUT2D eigenvalue weighted by Gasteiger charge is 2.21. The van der Waals surface area contributed by atoms with Gasteiger partial charge in [0.25, 0.3) is 5.56 Å². The second-order valence-corrected chi connectivity index (χ2v) is 3.98. The van der Waals surface area contributed by atoms with Crippen LogP contribution in [0.3, 0.4) is 0 Å². The molecule has 5 heteroatoms. The lowest BCUT2D eigenvalue weighted by atomic mass is 10.1. The molecule has 1 aromatic rings. The molecule has 1 aromatic heterocycles. The van der Waals surface area contributed by atoms with Crippen LogP contribution < -0.4 is 11.3 Å². The summed E-state index contributed by atoms with van der Waals surface area (Å²) in [7, 11) is 0. The van der Waals surface area contributed by atoms with Crippen LogP contribution in [0.2, 0.25) is 0 Å². The molecule has 5 nitrogen and oxygen atoms in total. The Morgan fingerprint density at radius 2 is 2.38 bits per heavy atom. The molecule has 0 radical (unpaired) electrons. The van der Waals surface area contributed by atoms with E-state index >= 15 is 0 Å². The Morgan fingerprint density at radius 3 is 2.94 bits per heavy atom. The average molecular weight is 221 g/mol. The van der Waals surface area contributed by atoms with Gasteiger partial charge in [0.15, 0.2) is 0 Å². The van der Waals surface area contributed by atoms with Crippen LogP contribution in [0.1, 0.15) is 24.9 Å². The Bertz CT molecular complexity index is 473. The molecule has 2 heterocycles. The highest BCUT2D eigenvalue weighted by atomic mass is 16.5. The second-order valence-electron chi connectivity index (χ2n) is 3.98. The first-order valence-electron chi connectivity index (χ1n) is 5.25. The van der Waals surface area contributed by atoms with E-state index in [1.807, 2.05) is 0 Å². The first kappa shape index (κ1) is 10.9. The van der Waals surface area contributed by atoms with Gasteiger partial charge in [0.05, 0.1) is 12.6 Å². The van der Waals surface area contributed by atoms with Crippen molar-refractivity contribution >= 4 is 11.5 Å². The van der Waals surface area contributed by atoms with Crippen molar-refractivity contribution in [2.24, 2.45) is 0 Å². The lowest BCUT2D eigenvalue weighted by Crippen LogP contribution is -2.28. The number of nitrogen functional groups attached to an aromatic ring is 1. The number of nitrogens with zero attached hydrogens (tertiary/aromatic N) is 1. The van der Waals surface area contributed by atoms with Crippen molar-refractivity contribution in [3.63, 3.8) is 0 Å². The maximum absolute atomic E-state index is 11.8. The Hall–Kier alpha value is -1.62. The molecule has 3 N–H and O–H groups in total. The summed E-state index contributed by atoms with van der Waals surface area (Å²) in [5, 5.41) is 7.59. The molecule has 0 bridgehead atoms. The molecule has 1 unspecified atom stereocenters. The van der Waals surface area contributed by atoms with Crippen LogP contribution in [0.15, 0.2) is 16.9 Å². The van der Waals surface area contributed by atoms with Gasteiger partial charge in [-0.05, 0) is 19.4 Å². The van der Waals surface area contributed by atoms with Crippen molar-refractivity contribution in [2.45, 2.75) is 19.4 Å². The monoisotopic (exact) mass is 221 g/mol. The van der Waals surface area contributed by atoms with Crippen LogP contribution in [0, 0.1) is 5.41 Å². The van der Waals surface area contributed by atoms with Crippen LogP contribution in [0.4, 0.5) is 5.82 Å². The topological polar surface area (TPSA) is 81.1 Å². The smallest absolute Gasteiger partial charge is 0.252 e. The molecule has 1 saturated heterocycles. The highest BCUT2D eigenvalue weighted by molar-refractivity contribution is 6.00. The third-order valence-corrected chi connectivity index (χ3v) is 2.84. The van der Waals surface area contributed by atoms with Gasteiger partial charge in [-0.15, -0.1) is 0 Å². The van der Waals surface area contributed by atoms with E-state index in [-0.39, 0.29) is 11.6 Å². The van der Waals surface area contributed by atoms with E-state index in [0.29, 0.717) is 30.3 Å². The van der Waals surface area contributed by atoms with Gasteiger partial charge in [-0.25, -0.2) is 0 Å². The molecule has 0 saturated carbocycles. The predicted molar refractivity (Wildman–Crippen MR) is 62.1 cm³/mol. The largest absolute Gasteiger partial charge is 0.384 e.